The van der Waals surface area contributed by atoms with E-state index in [2.05, 4.69) is 48.9 Å². The highest BCUT2D eigenvalue weighted by Gasteiger charge is 2.17. The van der Waals surface area contributed by atoms with Crippen molar-refractivity contribution in [3.05, 3.63) is 33.0 Å². The molecule has 0 saturated carbocycles. The topological polar surface area (TPSA) is 25.2 Å². The molecular weight excluding hydrogens is 326 g/mol. The molecule has 0 unspecified atom stereocenters. The van der Waals surface area contributed by atoms with Crippen LogP contribution in [-0.4, -0.2) is 5.54 Å². The zero-order valence-corrected chi connectivity index (χ0v) is 14.1. The number of aryl methyl sites for hydroxylation is 1. The normalized spacial score (nSPS) is 12.3. The lowest BCUT2D eigenvalue weighted by Crippen LogP contribution is -2.35. The minimum Gasteiger partial charge on any atom is -0.458 e. The van der Waals surface area contributed by atoms with Gasteiger partial charge in [0.05, 0.1) is 11.0 Å². The molecule has 2 rings (SSSR count). The lowest BCUT2D eigenvalue weighted by molar-refractivity contribution is 0.393. The Hall–Kier alpha value is -0.510. The Morgan fingerprint density at radius 2 is 2.00 bits per heavy atom. The van der Waals surface area contributed by atoms with Gasteiger partial charge in [-0.3, -0.25) is 0 Å². The molecule has 0 atom stereocenters. The van der Waals surface area contributed by atoms with Crippen LogP contribution in [0.1, 0.15) is 39.0 Å². The Morgan fingerprint density at radius 1 is 1.32 bits per heavy atom. The van der Waals surface area contributed by atoms with E-state index < -0.39 is 0 Å². The summed E-state index contributed by atoms with van der Waals surface area (Å²) in [4.78, 5) is 0. The largest absolute Gasteiger partial charge is 0.458 e. The van der Waals surface area contributed by atoms with E-state index >= 15 is 0 Å². The van der Waals surface area contributed by atoms with Gasteiger partial charge in [-0.05, 0) is 55.3 Å². The molecule has 0 fully saturated rings. The quantitative estimate of drug-likeness (QED) is 0.817. The van der Waals surface area contributed by atoms with Gasteiger partial charge in [0, 0.05) is 21.5 Å². The molecule has 4 heteroatoms. The highest BCUT2D eigenvalue weighted by atomic mass is 79.9. The van der Waals surface area contributed by atoms with Gasteiger partial charge in [-0.15, -0.1) is 0 Å². The molecule has 2 nitrogen and oxygen atoms in total. The van der Waals surface area contributed by atoms with Crippen molar-refractivity contribution >= 4 is 38.5 Å². The standard InChI is InChI=1S/C15H19BrClNO/c1-5-10-11-6-9(17)7-12(16)14(11)19-13(10)8-18-15(2,3)4/h6-7,18H,5,8H2,1-4H3. The molecule has 0 amide bonds. The van der Waals surface area contributed by atoms with Crippen molar-refractivity contribution in [2.24, 2.45) is 0 Å². The molecule has 0 aliphatic carbocycles. The molecule has 0 spiro atoms. The highest BCUT2D eigenvalue weighted by molar-refractivity contribution is 9.10. The molecule has 1 heterocycles. The zero-order valence-electron chi connectivity index (χ0n) is 11.7. The van der Waals surface area contributed by atoms with Crippen molar-refractivity contribution in [1.29, 1.82) is 0 Å². The van der Waals surface area contributed by atoms with Crippen molar-refractivity contribution in [2.75, 3.05) is 0 Å². The summed E-state index contributed by atoms with van der Waals surface area (Å²) in [6.45, 7) is 9.31. The second-order valence-corrected chi connectivity index (χ2v) is 7.02. The minimum atomic E-state index is 0.0683. The SMILES string of the molecule is CCc1c(CNC(C)(C)C)oc2c(Br)cc(Cl)cc12. The summed E-state index contributed by atoms with van der Waals surface area (Å²) in [6, 6.07) is 3.85. The Labute approximate surface area is 127 Å². The van der Waals surface area contributed by atoms with Crippen LogP contribution < -0.4 is 5.32 Å². The zero-order chi connectivity index (χ0) is 14.2. The Balaban J connectivity index is 2.47. The number of hydrogen-bond acceptors (Lipinski definition) is 2. The van der Waals surface area contributed by atoms with Gasteiger partial charge in [0.2, 0.25) is 0 Å². The maximum absolute atomic E-state index is 6.12. The fourth-order valence-corrected chi connectivity index (χ4v) is 2.99. The van der Waals surface area contributed by atoms with E-state index in [4.69, 9.17) is 16.0 Å². The van der Waals surface area contributed by atoms with Crippen LogP contribution in [0, 0.1) is 0 Å². The van der Waals surface area contributed by atoms with Gasteiger partial charge in [-0.1, -0.05) is 18.5 Å². The molecule has 1 N–H and O–H groups in total. The van der Waals surface area contributed by atoms with Crippen LogP contribution in [-0.2, 0) is 13.0 Å². The van der Waals surface area contributed by atoms with Crippen molar-refractivity contribution in [1.82, 2.24) is 5.32 Å². The van der Waals surface area contributed by atoms with E-state index in [0.29, 0.717) is 0 Å². The molecule has 2 aromatic rings. The summed E-state index contributed by atoms with van der Waals surface area (Å²) in [7, 11) is 0. The average Bonchev–Trinajstić information content (AvgIpc) is 2.63. The lowest BCUT2D eigenvalue weighted by atomic mass is 10.1. The molecule has 0 bridgehead atoms. The van der Waals surface area contributed by atoms with Crippen molar-refractivity contribution in [3.63, 3.8) is 0 Å². The first kappa shape index (κ1) is 14.9. The van der Waals surface area contributed by atoms with Gasteiger partial charge in [0.15, 0.2) is 0 Å². The number of halogens is 2. The first-order valence-electron chi connectivity index (χ1n) is 6.46. The molecule has 0 aliphatic rings. The van der Waals surface area contributed by atoms with Gasteiger partial charge in [0.1, 0.15) is 11.3 Å². The number of furan rings is 1. The number of hydrogen-bond donors (Lipinski definition) is 1. The maximum Gasteiger partial charge on any atom is 0.148 e. The van der Waals surface area contributed by atoms with Crippen molar-refractivity contribution in [3.8, 4) is 0 Å². The maximum atomic E-state index is 6.12. The summed E-state index contributed by atoms with van der Waals surface area (Å²) in [6.07, 6.45) is 0.931. The number of nitrogens with one attached hydrogen (secondary N) is 1. The molecule has 0 saturated heterocycles. The van der Waals surface area contributed by atoms with Crippen LogP contribution in [0.5, 0.6) is 0 Å². The molecule has 1 aromatic carbocycles. The third-order valence-corrected chi connectivity index (χ3v) is 3.84. The summed E-state index contributed by atoms with van der Waals surface area (Å²) in [5.74, 6) is 0.996. The van der Waals surface area contributed by atoms with Gasteiger partial charge in [-0.25, -0.2) is 0 Å². The van der Waals surface area contributed by atoms with Crippen LogP contribution in [0.2, 0.25) is 5.02 Å². The minimum absolute atomic E-state index is 0.0683. The Morgan fingerprint density at radius 3 is 2.58 bits per heavy atom. The van der Waals surface area contributed by atoms with Gasteiger partial charge >= 0.3 is 0 Å². The third-order valence-electron chi connectivity index (χ3n) is 3.03. The van der Waals surface area contributed by atoms with Crippen molar-refractivity contribution < 1.29 is 4.42 Å². The van der Waals surface area contributed by atoms with E-state index in [0.717, 1.165) is 39.2 Å². The Kier molecular flexibility index (Phi) is 4.29. The molecule has 0 radical (unpaired) electrons. The summed E-state index contributed by atoms with van der Waals surface area (Å²) in [5.41, 5.74) is 2.18. The number of rotatable bonds is 3. The van der Waals surface area contributed by atoms with E-state index in [1.54, 1.807) is 0 Å². The second-order valence-electron chi connectivity index (χ2n) is 5.73. The van der Waals surface area contributed by atoms with Gasteiger partial charge in [0.25, 0.3) is 0 Å². The monoisotopic (exact) mass is 343 g/mol. The molecular formula is C15H19BrClNO. The lowest BCUT2D eigenvalue weighted by Gasteiger charge is -2.19. The molecule has 1 aromatic heterocycles. The first-order valence-corrected chi connectivity index (χ1v) is 7.63. The van der Waals surface area contributed by atoms with E-state index in [-0.39, 0.29) is 5.54 Å². The van der Waals surface area contributed by atoms with E-state index in [9.17, 15) is 0 Å². The predicted molar refractivity (Wildman–Crippen MR) is 84.9 cm³/mol. The molecule has 0 aliphatic heterocycles. The van der Waals surface area contributed by atoms with Gasteiger partial charge < -0.3 is 9.73 Å². The Bertz CT molecular complexity index is 598. The average molecular weight is 345 g/mol. The summed E-state index contributed by atoms with van der Waals surface area (Å²) < 4.78 is 6.91. The van der Waals surface area contributed by atoms with Crippen LogP contribution in [0.15, 0.2) is 21.0 Å². The number of benzene rings is 1. The van der Waals surface area contributed by atoms with Crippen LogP contribution >= 0.6 is 27.5 Å². The fraction of sp³-hybridized carbons (Fsp3) is 0.467. The molecule has 19 heavy (non-hydrogen) atoms. The number of fused-ring (bicyclic) bond motifs is 1. The first-order chi connectivity index (χ1) is 8.81. The van der Waals surface area contributed by atoms with E-state index in [1.807, 2.05) is 12.1 Å². The highest BCUT2D eigenvalue weighted by Crippen LogP contribution is 2.34. The van der Waals surface area contributed by atoms with Crippen LogP contribution in [0.25, 0.3) is 11.0 Å². The second kappa shape index (κ2) is 5.47. The summed E-state index contributed by atoms with van der Waals surface area (Å²) >= 11 is 9.64. The van der Waals surface area contributed by atoms with Crippen LogP contribution in [0.4, 0.5) is 0 Å². The summed E-state index contributed by atoms with van der Waals surface area (Å²) in [5, 5.41) is 5.30. The van der Waals surface area contributed by atoms with E-state index in [1.165, 1.54) is 5.56 Å². The fourth-order valence-electron chi connectivity index (χ4n) is 2.10. The van der Waals surface area contributed by atoms with Crippen molar-refractivity contribution in [2.45, 2.75) is 46.2 Å². The smallest absolute Gasteiger partial charge is 0.148 e. The third kappa shape index (κ3) is 3.33. The molecule has 104 valence electrons. The van der Waals surface area contributed by atoms with Gasteiger partial charge in [-0.2, -0.15) is 0 Å². The van der Waals surface area contributed by atoms with Crippen LogP contribution in [0.3, 0.4) is 0 Å². The predicted octanol–water partition coefficient (Wildman–Crippen LogP) is 5.30.